The van der Waals surface area contributed by atoms with Crippen molar-refractivity contribution < 1.29 is 0 Å². The van der Waals surface area contributed by atoms with Gasteiger partial charge in [0.2, 0.25) is 0 Å². The normalized spacial score (nSPS) is 42.5. The molecule has 16 heavy (non-hydrogen) atoms. The monoisotopic (exact) mass is 208 g/mol. The van der Waals surface area contributed by atoms with Gasteiger partial charge in [-0.1, -0.05) is 54.2 Å². The summed E-state index contributed by atoms with van der Waals surface area (Å²) in [6, 6.07) is 0. The maximum atomic E-state index is 2.44. The summed E-state index contributed by atoms with van der Waals surface area (Å²) in [6.07, 6.45) is 21.6. The van der Waals surface area contributed by atoms with Crippen molar-refractivity contribution in [2.24, 2.45) is 23.7 Å². The van der Waals surface area contributed by atoms with E-state index in [9.17, 15) is 0 Å². The molecule has 0 fully saturated rings. The molecule has 0 aromatic rings. The molecule has 0 nitrogen and oxygen atoms in total. The summed E-state index contributed by atoms with van der Waals surface area (Å²) in [5.41, 5.74) is 3.23. The quantitative estimate of drug-likeness (QED) is 0.531. The van der Waals surface area contributed by atoms with Crippen LogP contribution >= 0.6 is 0 Å². The topological polar surface area (TPSA) is 0 Å². The van der Waals surface area contributed by atoms with Gasteiger partial charge in [0, 0.05) is 11.8 Å². The molecule has 4 atom stereocenters. The van der Waals surface area contributed by atoms with E-state index in [0.717, 1.165) is 11.8 Å². The second-order valence-electron chi connectivity index (χ2n) is 5.33. The summed E-state index contributed by atoms with van der Waals surface area (Å²) in [5.74, 6) is 2.88. The number of hydrogen-bond donors (Lipinski definition) is 0. The molecule has 0 N–H and O–H groups in total. The summed E-state index contributed by atoms with van der Waals surface area (Å²) < 4.78 is 0. The molecule has 0 heteroatoms. The van der Waals surface area contributed by atoms with Gasteiger partial charge in [0.15, 0.2) is 0 Å². The van der Waals surface area contributed by atoms with Crippen LogP contribution in [0.5, 0.6) is 0 Å². The van der Waals surface area contributed by atoms with Crippen molar-refractivity contribution in [3.05, 3.63) is 59.8 Å². The molecule has 4 aliphatic rings. The Labute approximate surface area is 96.7 Å². The van der Waals surface area contributed by atoms with Crippen molar-refractivity contribution in [3.8, 4) is 0 Å². The molecule has 0 heterocycles. The Hall–Kier alpha value is -1.30. The molecule has 0 aromatic carbocycles. The summed E-state index contributed by atoms with van der Waals surface area (Å²) >= 11 is 0. The first-order valence-electron chi connectivity index (χ1n) is 6.37. The van der Waals surface area contributed by atoms with Crippen LogP contribution in [0.25, 0.3) is 0 Å². The third-order valence-electron chi connectivity index (χ3n) is 4.51. The van der Waals surface area contributed by atoms with E-state index in [1.54, 1.807) is 5.57 Å². The van der Waals surface area contributed by atoms with Gasteiger partial charge in [-0.15, -0.1) is 0 Å². The summed E-state index contributed by atoms with van der Waals surface area (Å²) in [4.78, 5) is 0. The SMILES string of the molecule is C1=CC2=C3C(C=CC4C=CCC(C=C2)[C@@H]34)C1. The molecule has 0 spiro atoms. The fraction of sp³-hybridized carbons (Fsp3) is 0.375. The van der Waals surface area contributed by atoms with Crippen LogP contribution in [0.15, 0.2) is 59.8 Å². The van der Waals surface area contributed by atoms with E-state index in [4.69, 9.17) is 0 Å². The molecule has 0 aromatic heterocycles. The fourth-order valence-corrected chi connectivity index (χ4v) is 3.81. The Morgan fingerprint density at radius 1 is 0.875 bits per heavy atom. The largest absolute Gasteiger partial charge is 0.0873 e. The van der Waals surface area contributed by atoms with E-state index in [0.29, 0.717) is 11.8 Å². The second kappa shape index (κ2) is 3.10. The smallest absolute Gasteiger partial charge is 0.00239 e. The predicted octanol–water partition coefficient (Wildman–Crippen LogP) is 3.81. The lowest BCUT2D eigenvalue weighted by molar-refractivity contribution is 0.337. The van der Waals surface area contributed by atoms with Gasteiger partial charge < -0.3 is 0 Å². The van der Waals surface area contributed by atoms with Crippen LogP contribution in [0.1, 0.15) is 12.8 Å². The summed E-state index contributed by atoms with van der Waals surface area (Å²) in [7, 11) is 0. The van der Waals surface area contributed by atoms with E-state index >= 15 is 0 Å². The fourth-order valence-electron chi connectivity index (χ4n) is 3.81. The lowest BCUT2D eigenvalue weighted by Gasteiger charge is -2.43. The highest BCUT2D eigenvalue weighted by Crippen LogP contribution is 2.49. The van der Waals surface area contributed by atoms with Crippen molar-refractivity contribution >= 4 is 0 Å². The Morgan fingerprint density at radius 3 is 2.88 bits per heavy atom. The number of hydrogen-bond acceptors (Lipinski definition) is 0. The van der Waals surface area contributed by atoms with Crippen LogP contribution in [0.4, 0.5) is 0 Å². The number of rotatable bonds is 0. The Morgan fingerprint density at radius 2 is 1.88 bits per heavy atom. The molecule has 0 aliphatic heterocycles. The van der Waals surface area contributed by atoms with Crippen LogP contribution in [-0.2, 0) is 0 Å². The van der Waals surface area contributed by atoms with E-state index < -0.39 is 0 Å². The summed E-state index contributed by atoms with van der Waals surface area (Å²) in [5, 5.41) is 0. The molecular weight excluding hydrogens is 192 g/mol. The average molecular weight is 208 g/mol. The summed E-state index contributed by atoms with van der Waals surface area (Å²) in [6.45, 7) is 0. The first-order valence-corrected chi connectivity index (χ1v) is 6.37. The lowest BCUT2D eigenvalue weighted by Crippen LogP contribution is -2.33. The van der Waals surface area contributed by atoms with Crippen LogP contribution < -0.4 is 0 Å². The van der Waals surface area contributed by atoms with E-state index in [2.05, 4.69) is 48.6 Å². The highest BCUT2D eigenvalue weighted by atomic mass is 14.4. The van der Waals surface area contributed by atoms with Crippen LogP contribution in [0, 0.1) is 23.7 Å². The van der Waals surface area contributed by atoms with Gasteiger partial charge in [0.25, 0.3) is 0 Å². The van der Waals surface area contributed by atoms with E-state index in [1.807, 2.05) is 0 Å². The van der Waals surface area contributed by atoms with Gasteiger partial charge in [-0.2, -0.15) is 0 Å². The average Bonchev–Trinajstić information content (AvgIpc) is 2.36. The molecule has 0 bridgehead atoms. The zero-order chi connectivity index (χ0) is 10.5. The van der Waals surface area contributed by atoms with Crippen LogP contribution in [0.2, 0.25) is 0 Å². The maximum absolute atomic E-state index is 2.44. The zero-order valence-corrected chi connectivity index (χ0v) is 9.34. The molecule has 4 rings (SSSR count). The van der Waals surface area contributed by atoms with Crippen molar-refractivity contribution in [1.82, 2.24) is 0 Å². The number of allylic oxidation sites excluding steroid dienone is 10. The third-order valence-corrected chi connectivity index (χ3v) is 4.51. The minimum absolute atomic E-state index is 0.663. The van der Waals surface area contributed by atoms with Gasteiger partial charge in [-0.3, -0.25) is 0 Å². The van der Waals surface area contributed by atoms with Gasteiger partial charge in [-0.25, -0.2) is 0 Å². The van der Waals surface area contributed by atoms with Crippen molar-refractivity contribution in [3.63, 3.8) is 0 Å². The minimum Gasteiger partial charge on any atom is -0.0873 e. The first-order chi connectivity index (χ1) is 7.93. The van der Waals surface area contributed by atoms with Crippen molar-refractivity contribution in [2.75, 3.05) is 0 Å². The standard InChI is InChI=1S/C16H16/c1-3-11-7-9-13-5-2-6-14-10-8-12(4-1)15(11)16(13)14/h1-3,6-13,15H,4-5H2/t11?,12?,13?,15-/m0/s1. The van der Waals surface area contributed by atoms with Crippen molar-refractivity contribution in [2.45, 2.75) is 12.8 Å². The molecule has 0 saturated carbocycles. The van der Waals surface area contributed by atoms with E-state index in [1.165, 1.54) is 18.4 Å². The van der Waals surface area contributed by atoms with Crippen LogP contribution in [-0.4, -0.2) is 0 Å². The van der Waals surface area contributed by atoms with Gasteiger partial charge in [0.1, 0.15) is 0 Å². The van der Waals surface area contributed by atoms with Gasteiger partial charge in [-0.05, 0) is 30.3 Å². The zero-order valence-electron chi connectivity index (χ0n) is 9.34. The van der Waals surface area contributed by atoms with Gasteiger partial charge >= 0.3 is 0 Å². The molecule has 3 unspecified atom stereocenters. The lowest BCUT2D eigenvalue weighted by atomic mass is 9.61. The Kier molecular flexibility index (Phi) is 1.71. The molecule has 4 aliphatic carbocycles. The molecule has 80 valence electrons. The third kappa shape index (κ3) is 1.05. The second-order valence-corrected chi connectivity index (χ2v) is 5.33. The predicted molar refractivity (Wildman–Crippen MR) is 66.8 cm³/mol. The van der Waals surface area contributed by atoms with Crippen LogP contribution in [0.3, 0.4) is 0 Å². The van der Waals surface area contributed by atoms with Crippen molar-refractivity contribution in [1.29, 1.82) is 0 Å². The molecular formula is C16H16. The highest BCUT2D eigenvalue weighted by molar-refractivity contribution is 5.49. The molecule has 0 radical (unpaired) electrons. The highest BCUT2D eigenvalue weighted by Gasteiger charge is 2.39. The van der Waals surface area contributed by atoms with Gasteiger partial charge in [0.05, 0.1) is 0 Å². The minimum atomic E-state index is 0.663. The first kappa shape index (κ1) is 8.81. The Bertz CT molecular complexity index is 470. The molecule has 0 amide bonds. The maximum Gasteiger partial charge on any atom is 0.00239 e. The molecule has 0 saturated heterocycles. The van der Waals surface area contributed by atoms with E-state index in [-0.39, 0.29) is 0 Å². The Balaban J connectivity index is 1.93.